The maximum atomic E-state index is 5.18. The van der Waals surface area contributed by atoms with E-state index in [1.54, 1.807) is 0 Å². The first-order valence-electron chi connectivity index (χ1n) is 3.85. The summed E-state index contributed by atoms with van der Waals surface area (Å²) in [6.45, 7) is 5.93. The molecule has 0 spiro atoms. The maximum absolute atomic E-state index is 5.18. The first-order valence-corrected chi connectivity index (χ1v) is 3.85. The van der Waals surface area contributed by atoms with E-state index in [2.05, 4.69) is 25.9 Å². The Morgan fingerprint density at radius 2 is 2.00 bits per heavy atom. The van der Waals surface area contributed by atoms with Gasteiger partial charge in [-0.2, -0.15) is 0 Å². The fourth-order valence-corrected chi connectivity index (χ4v) is 0.595. The van der Waals surface area contributed by atoms with E-state index in [4.69, 9.17) is 4.74 Å². The molecule has 2 nitrogen and oxygen atoms in total. The second kappa shape index (κ2) is 10.5. The fourth-order valence-electron chi connectivity index (χ4n) is 0.595. The third kappa shape index (κ3) is 13.5. The molecule has 0 aromatic carbocycles. The van der Waals surface area contributed by atoms with Crippen molar-refractivity contribution in [3.63, 3.8) is 0 Å². The molecule has 0 bridgehead atoms. The van der Waals surface area contributed by atoms with Crippen LogP contribution in [-0.4, -0.2) is 32.1 Å². The molecule has 0 unspecified atom stereocenters. The summed E-state index contributed by atoms with van der Waals surface area (Å²) < 4.78 is 5.18. The second-order valence-corrected chi connectivity index (χ2v) is 2.63. The van der Waals surface area contributed by atoms with Crippen molar-refractivity contribution in [1.82, 2.24) is 4.90 Å². The van der Waals surface area contributed by atoms with Gasteiger partial charge in [-0.25, -0.2) is 6.61 Å². The van der Waals surface area contributed by atoms with Crippen molar-refractivity contribution in [3.8, 4) is 0 Å². The minimum atomic E-state index is 0. The van der Waals surface area contributed by atoms with Crippen LogP contribution in [-0.2, 0) is 4.74 Å². The van der Waals surface area contributed by atoms with Gasteiger partial charge in [0.25, 0.3) is 0 Å². The zero-order valence-electron chi connectivity index (χ0n) is 8.26. The first-order chi connectivity index (χ1) is 4.77. The molecule has 0 N–H and O–H groups in total. The van der Waals surface area contributed by atoms with Gasteiger partial charge in [-0.1, -0.05) is 6.92 Å². The quantitative estimate of drug-likeness (QED) is 0.261. The van der Waals surface area contributed by atoms with Gasteiger partial charge in [0.15, 0.2) is 0 Å². The largest absolute Gasteiger partial charge is 1.00 e. The molecule has 0 saturated heterocycles. The van der Waals surface area contributed by atoms with E-state index in [1.165, 1.54) is 0 Å². The van der Waals surface area contributed by atoms with Gasteiger partial charge >= 0.3 is 18.9 Å². The van der Waals surface area contributed by atoms with Crippen LogP contribution in [0.5, 0.6) is 0 Å². The summed E-state index contributed by atoms with van der Waals surface area (Å²) >= 11 is 0. The molecule has 0 amide bonds. The summed E-state index contributed by atoms with van der Waals surface area (Å²) in [6, 6.07) is 0. The van der Waals surface area contributed by atoms with Crippen molar-refractivity contribution in [2.24, 2.45) is 0 Å². The topological polar surface area (TPSA) is 12.5 Å². The normalized spacial score (nSPS) is 9.82. The third-order valence-corrected chi connectivity index (χ3v) is 1.13. The average Bonchev–Trinajstić information content (AvgIpc) is 1.87. The summed E-state index contributed by atoms with van der Waals surface area (Å²) in [5.74, 6) is 0. The molecule has 0 atom stereocenters. The van der Waals surface area contributed by atoms with Crippen molar-refractivity contribution in [3.05, 3.63) is 6.61 Å². The van der Waals surface area contributed by atoms with Crippen LogP contribution in [0.15, 0.2) is 0 Å². The van der Waals surface area contributed by atoms with Crippen LogP contribution in [0, 0.1) is 6.61 Å². The summed E-state index contributed by atoms with van der Waals surface area (Å²) in [4.78, 5) is 2.14. The minimum Gasteiger partial charge on any atom is -0.552 e. The van der Waals surface area contributed by atoms with Gasteiger partial charge < -0.3 is 9.64 Å². The summed E-state index contributed by atoms with van der Waals surface area (Å²) in [6.07, 6.45) is 2.12. The van der Waals surface area contributed by atoms with Crippen molar-refractivity contribution in [2.45, 2.75) is 19.8 Å². The van der Waals surface area contributed by atoms with Gasteiger partial charge in [-0.15, -0.1) is 6.42 Å². The molecule has 0 radical (unpaired) electrons. The van der Waals surface area contributed by atoms with E-state index in [-0.39, 0.29) is 18.9 Å². The molecule has 0 heterocycles. The molecule has 11 heavy (non-hydrogen) atoms. The number of rotatable bonds is 6. The predicted octanol–water partition coefficient (Wildman–Crippen LogP) is -1.47. The molecule has 0 aromatic heterocycles. The molecule has 0 rings (SSSR count). The van der Waals surface area contributed by atoms with Crippen molar-refractivity contribution in [1.29, 1.82) is 0 Å². The van der Waals surface area contributed by atoms with Gasteiger partial charge in [0, 0.05) is 6.61 Å². The van der Waals surface area contributed by atoms with Crippen molar-refractivity contribution >= 4 is 0 Å². The Hall–Kier alpha value is 0.517. The Labute approximate surface area is 82.5 Å². The van der Waals surface area contributed by atoms with Crippen LogP contribution >= 0.6 is 0 Å². The molecule has 62 valence electrons. The molecule has 0 fully saturated rings. The Bertz CT molecular complexity index is 69.1. The second-order valence-electron chi connectivity index (χ2n) is 2.63. The first kappa shape index (κ1) is 14.1. The molecule has 3 heteroatoms. The number of hydrogen-bond donors (Lipinski definition) is 0. The number of nitrogens with zero attached hydrogens (tertiary/aromatic N) is 1. The molecule has 0 aliphatic rings. The van der Waals surface area contributed by atoms with E-state index >= 15 is 0 Å². The van der Waals surface area contributed by atoms with E-state index in [1.807, 2.05) is 6.61 Å². The molecular weight excluding hydrogens is 133 g/mol. The Balaban J connectivity index is 0. The molecular formula is C8H18LiNO. The third-order valence-electron chi connectivity index (χ3n) is 1.13. The zero-order chi connectivity index (χ0) is 7.82. The van der Waals surface area contributed by atoms with Gasteiger partial charge in [0.2, 0.25) is 0 Å². The fraction of sp³-hybridized carbons (Fsp3) is 0.875. The Kier molecular flexibility index (Phi) is 13.4. The van der Waals surface area contributed by atoms with E-state index < -0.39 is 0 Å². The van der Waals surface area contributed by atoms with Gasteiger partial charge in [0.05, 0.1) is 0 Å². The molecule has 0 aliphatic heterocycles. The maximum Gasteiger partial charge on any atom is 1.00 e. The van der Waals surface area contributed by atoms with Crippen LogP contribution < -0.4 is 18.9 Å². The molecule has 0 saturated carbocycles. The number of hydrogen-bond acceptors (Lipinski definition) is 2. The van der Waals surface area contributed by atoms with Crippen molar-refractivity contribution < 1.29 is 23.6 Å². The monoisotopic (exact) mass is 151 g/mol. The standard InChI is InChI=1S/C8H18NO.Li/c1-4-7-10-8-5-6-9(2)3;/h8H,4-7H2,1-3H3;/q-1;+1. The van der Waals surface area contributed by atoms with Crippen molar-refractivity contribution in [2.75, 3.05) is 27.2 Å². The van der Waals surface area contributed by atoms with E-state index in [9.17, 15) is 0 Å². The summed E-state index contributed by atoms with van der Waals surface area (Å²) in [5, 5.41) is 0. The van der Waals surface area contributed by atoms with Crippen LogP contribution in [0.25, 0.3) is 0 Å². The molecule has 0 aromatic rings. The summed E-state index contributed by atoms with van der Waals surface area (Å²) in [5.41, 5.74) is 0. The Morgan fingerprint density at radius 3 is 2.45 bits per heavy atom. The van der Waals surface area contributed by atoms with Crippen LogP contribution in [0.2, 0.25) is 0 Å². The van der Waals surface area contributed by atoms with Crippen LogP contribution in [0.3, 0.4) is 0 Å². The minimum absolute atomic E-state index is 0. The SMILES string of the molecule is CCCO[CH-]CCN(C)C.[Li+]. The predicted molar refractivity (Wildman–Crippen MR) is 43.7 cm³/mol. The van der Waals surface area contributed by atoms with E-state index in [0.29, 0.717) is 0 Å². The number of ether oxygens (including phenoxy) is 1. The van der Waals surface area contributed by atoms with Gasteiger partial charge in [-0.3, -0.25) is 0 Å². The average molecular weight is 151 g/mol. The molecule has 0 aliphatic carbocycles. The zero-order valence-corrected chi connectivity index (χ0v) is 8.26. The van der Waals surface area contributed by atoms with Gasteiger partial charge in [0.1, 0.15) is 0 Å². The smallest absolute Gasteiger partial charge is 0.552 e. The van der Waals surface area contributed by atoms with Crippen LogP contribution in [0.1, 0.15) is 19.8 Å². The summed E-state index contributed by atoms with van der Waals surface area (Å²) in [7, 11) is 4.13. The van der Waals surface area contributed by atoms with E-state index in [0.717, 1.165) is 26.0 Å². The Morgan fingerprint density at radius 1 is 1.36 bits per heavy atom. The van der Waals surface area contributed by atoms with Crippen LogP contribution in [0.4, 0.5) is 0 Å². The van der Waals surface area contributed by atoms with Gasteiger partial charge in [-0.05, 0) is 27.1 Å².